The topological polar surface area (TPSA) is 29.5 Å². The van der Waals surface area contributed by atoms with Crippen molar-refractivity contribution in [3.63, 3.8) is 0 Å². The van der Waals surface area contributed by atoms with E-state index in [9.17, 15) is 4.79 Å². The van der Waals surface area contributed by atoms with Crippen molar-refractivity contribution in [1.29, 1.82) is 0 Å². The molecular weight excluding hydrogens is 226 g/mol. The van der Waals surface area contributed by atoms with E-state index in [1.165, 1.54) is 0 Å². The number of carbonyl (C=O) groups is 1. The van der Waals surface area contributed by atoms with E-state index in [-0.39, 0.29) is 5.91 Å². The number of ether oxygens (including phenoxy) is 1. The highest BCUT2D eigenvalue weighted by Gasteiger charge is 2.26. The highest BCUT2D eigenvalue weighted by atomic mass is 35.5. The van der Waals surface area contributed by atoms with Crippen LogP contribution in [0.5, 0.6) is 5.75 Å². The van der Waals surface area contributed by atoms with Crippen LogP contribution in [0.15, 0.2) is 24.3 Å². The highest BCUT2D eigenvalue weighted by molar-refractivity contribution is 6.30. The van der Waals surface area contributed by atoms with Gasteiger partial charge in [0.2, 0.25) is 0 Å². The van der Waals surface area contributed by atoms with Crippen LogP contribution in [0.3, 0.4) is 0 Å². The second-order valence-corrected chi connectivity index (χ2v) is 4.33. The molecule has 0 radical (unpaired) electrons. The molecule has 1 fully saturated rings. The fourth-order valence-electron chi connectivity index (χ4n) is 1.56. The molecular formula is C12H14ClNO2. The van der Waals surface area contributed by atoms with Crippen molar-refractivity contribution < 1.29 is 9.53 Å². The Balaban J connectivity index is 1.93. The molecule has 0 bridgehead atoms. The Kier molecular flexibility index (Phi) is 3.34. The van der Waals surface area contributed by atoms with E-state index in [0.29, 0.717) is 10.8 Å². The molecule has 1 saturated heterocycles. The molecule has 1 aliphatic rings. The normalized spacial score (nSPS) is 16.5. The summed E-state index contributed by atoms with van der Waals surface area (Å²) in [5.41, 5.74) is 0. The molecule has 1 amide bonds. The zero-order valence-corrected chi connectivity index (χ0v) is 9.91. The Morgan fingerprint density at radius 1 is 1.38 bits per heavy atom. The van der Waals surface area contributed by atoms with E-state index in [2.05, 4.69) is 0 Å². The summed E-state index contributed by atoms with van der Waals surface area (Å²) in [5, 5.41) is 0.661. The van der Waals surface area contributed by atoms with Gasteiger partial charge in [-0.25, -0.2) is 0 Å². The molecule has 0 aliphatic carbocycles. The molecule has 3 nitrogen and oxygen atoms in total. The van der Waals surface area contributed by atoms with Gasteiger partial charge in [-0.2, -0.15) is 0 Å². The maximum absolute atomic E-state index is 11.8. The zero-order chi connectivity index (χ0) is 11.5. The van der Waals surface area contributed by atoms with Crippen LogP contribution < -0.4 is 4.74 Å². The fourth-order valence-corrected chi connectivity index (χ4v) is 1.69. The van der Waals surface area contributed by atoms with Crippen LogP contribution in [0.4, 0.5) is 0 Å². The molecule has 4 heteroatoms. The van der Waals surface area contributed by atoms with Gasteiger partial charge in [0.1, 0.15) is 5.75 Å². The van der Waals surface area contributed by atoms with E-state index in [1.807, 2.05) is 0 Å². The minimum atomic E-state index is -0.429. The maximum atomic E-state index is 11.8. The van der Waals surface area contributed by atoms with Gasteiger partial charge in [0.15, 0.2) is 6.10 Å². The van der Waals surface area contributed by atoms with Crippen LogP contribution in [0.2, 0.25) is 5.02 Å². The number of likely N-dealkylation sites (tertiary alicyclic amines) is 1. The first-order chi connectivity index (χ1) is 7.66. The van der Waals surface area contributed by atoms with Crippen molar-refractivity contribution in [3.8, 4) is 5.75 Å². The summed E-state index contributed by atoms with van der Waals surface area (Å²) in [6, 6.07) is 7.03. The van der Waals surface area contributed by atoms with E-state index < -0.39 is 6.10 Å². The minimum Gasteiger partial charge on any atom is -0.481 e. The van der Waals surface area contributed by atoms with Crippen molar-refractivity contribution in [1.82, 2.24) is 4.90 Å². The second kappa shape index (κ2) is 4.74. The monoisotopic (exact) mass is 239 g/mol. The van der Waals surface area contributed by atoms with Gasteiger partial charge in [-0.15, -0.1) is 0 Å². The van der Waals surface area contributed by atoms with Crippen molar-refractivity contribution in [3.05, 3.63) is 29.3 Å². The first-order valence-electron chi connectivity index (χ1n) is 5.38. The van der Waals surface area contributed by atoms with Crippen LogP contribution in [0.1, 0.15) is 13.3 Å². The molecule has 0 spiro atoms. The van der Waals surface area contributed by atoms with Crippen LogP contribution in [-0.4, -0.2) is 30.0 Å². The number of benzene rings is 1. The predicted octanol–water partition coefficient (Wildman–Crippen LogP) is 2.34. The summed E-state index contributed by atoms with van der Waals surface area (Å²) in [7, 11) is 0. The number of carbonyl (C=O) groups excluding carboxylic acids is 1. The average molecular weight is 240 g/mol. The Morgan fingerprint density at radius 3 is 2.50 bits per heavy atom. The lowest BCUT2D eigenvalue weighted by molar-refractivity contribution is -0.141. The lowest BCUT2D eigenvalue weighted by Gasteiger charge is -2.33. The predicted molar refractivity (Wildman–Crippen MR) is 62.7 cm³/mol. The van der Waals surface area contributed by atoms with Crippen LogP contribution in [0, 0.1) is 0 Å². The standard InChI is InChI=1S/C12H14ClNO2/c1-9(12(15)14-7-2-8-14)16-11-5-3-10(13)4-6-11/h3-6,9H,2,7-8H2,1H3. The fraction of sp³-hybridized carbons (Fsp3) is 0.417. The number of nitrogens with zero attached hydrogens (tertiary/aromatic N) is 1. The third-order valence-corrected chi connectivity index (χ3v) is 2.89. The van der Waals surface area contributed by atoms with E-state index in [4.69, 9.17) is 16.3 Å². The lowest BCUT2D eigenvalue weighted by atomic mass is 10.2. The number of amides is 1. The molecule has 16 heavy (non-hydrogen) atoms. The summed E-state index contributed by atoms with van der Waals surface area (Å²) in [4.78, 5) is 13.6. The molecule has 1 heterocycles. The largest absolute Gasteiger partial charge is 0.481 e. The molecule has 1 aromatic rings. The summed E-state index contributed by atoms with van der Waals surface area (Å²) < 4.78 is 5.54. The summed E-state index contributed by atoms with van der Waals surface area (Å²) in [6.45, 7) is 3.48. The molecule has 1 aromatic carbocycles. The maximum Gasteiger partial charge on any atom is 0.263 e. The Labute approximate surface area is 100.0 Å². The van der Waals surface area contributed by atoms with Crippen molar-refractivity contribution in [2.45, 2.75) is 19.4 Å². The number of hydrogen-bond acceptors (Lipinski definition) is 2. The van der Waals surface area contributed by atoms with Gasteiger partial charge in [-0.1, -0.05) is 11.6 Å². The third-order valence-electron chi connectivity index (χ3n) is 2.64. The minimum absolute atomic E-state index is 0.0567. The average Bonchev–Trinajstić information content (AvgIpc) is 2.19. The first-order valence-corrected chi connectivity index (χ1v) is 5.75. The summed E-state index contributed by atoms with van der Waals surface area (Å²) in [5.74, 6) is 0.729. The van der Waals surface area contributed by atoms with Gasteiger partial charge in [0.25, 0.3) is 5.91 Å². The van der Waals surface area contributed by atoms with Gasteiger partial charge in [-0.3, -0.25) is 4.79 Å². The van der Waals surface area contributed by atoms with Crippen molar-refractivity contribution in [2.24, 2.45) is 0 Å². The lowest BCUT2D eigenvalue weighted by Crippen LogP contribution is -2.47. The molecule has 0 aromatic heterocycles. The van der Waals surface area contributed by atoms with Crippen LogP contribution in [-0.2, 0) is 4.79 Å². The van der Waals surface area contributed by atoms with E-state index in [0.717, 1.165) is 19.5 Å². The third kappa shape index (κ3) is 2.47. The molecule has 86 valence electrons. The highest BCUT2D eigenvalue weighted by Crippen LogP contribution is 2.18. The molecule has 2 rings (SSSR count). The number of halogens is 1. The van der Waals surface area contributed by atoms with Gasteiger partial charge < -0.3 is 9.64 Å². The van der Waals surface area contributed by atoms with Gasteiger partial charge in [0, 0.05) is 18.1 Å². The Bertz CT molecular complexity index is 373. The zero-order valence-electron chi connectivity index (χ0n) is 9.15. The molecule has 0 N–H and O–H groups in total. The van der Waals surface area contributed by atoms with Gasteiger partial charge >= 0.3 is 0 Å². The Morgan fingerprint density at radius 2 is 2.00 bits per heavy atom. The first kappa shape index (κ1) is 11.3. The molecule has 0 saturated carbocycles. The molecule has 1 aliphatic heterocycles. The van der Waals surface area contributed by atoms with E-state index >= 15 is 0 Å². The quantitative estimate of drug-likeness (QED) is 0.810. The van der Waals surface area contributed by atoms with E-state index in [1.54, 1.807) is 36.1 Å². The summed E-state index contributed by atoms with van der Waals surface area (Å²) >= 11 is 5.76. The number of hydrogen-bond donors (Lipinski definition) is 0. The molecule has 1 atom stereocenters. The SMILES string of the molecule is CC(Oc1ccc(Cl)cc1)C(=O)N1CCC1. The van der Waals surface area contributed by atoms with Crippen LogP contribution >= 0.6 is 11.6 Å². The van der Waals surface area contributed by atoms with Crippen molar-refractivity contribution >= 4 is 17.5 Å². The van der Waals surface area contributed by atoms with Gasteiger partial charge in [-0.05, 0) is 37.6 Å². The number of rotatable bonds is 3. The van der Waals surface area contributed by atoms with Crippen molar-refractivity contribution in [2.75, 3.05) is 13.1 Å². The van der Waals surface area contributed by atoms with Crippen LogP contribution in [0.25, 0.3) is 0 Å². The Hall–Kier alpha value is -1.22. The summed E-state index contributed by atoms with van der Waals surface area (Å²) in [6.07, 6.45) is 0.667. The molecule has 1 unspecified atom stereocenters. The second-order valence-electron chi connectivity index (χ2n) is 3.89. The van der Waals surface area contributed by atoms with Gasteiger partial charge in [0.05, 0.1) is 0 Å². The smallest absolute Gasteiger partial charge is 0.263 e.